The van der Waals surface area contributed by atoms with E-state index in [0.717, 1.165) is 17.8 Å². The number of carbonyl (C=O) groups excluding carboxylic acids is 2. The Labute approximate surface area is 134 Å². The molecule has 116 valence electrons. The SMILES string of the molecule is NC(N)=NC1=NC(=O)C[C@H](C(=O)Nc2ccc(F)c(Cl)c2)S1. The van der Waals surface area contributed by atoms with Gasteiger partial charge in [-0.1, -0.05) is 23.4 Å². The number of hydrogen-bond donors (Lipinski definition) is 3. The first kappa shape index (κ1) is 16.2. The lowest BCUT2D eigenvalue weighted by Crippen LogP contribution is -2.32. The van der Waals surface area contributed by atoms with Gasteiger partial charge >= 0.3 is 0 Å². The van der Waals surface area contributed by atoms with Crippen LogP contribution in [0.2, 0.25) is 5.02 Å². The topological polar surface area (TPSA) is 123 Å². The predicted octanol–water partition coefficient (Wildman–Crippen LogP) is 1.08. The molecule has 5 N–H and O–H groups in total. The van der Waals surface area contributed by atoms with Gasteiger partial charge in [0.1, 0.15) is 11.1 Å². The number of anilines is 1. The van der Waals surface area contributed by atoms with E-state index in [1.54, 1.807) is 0 Å². The average Bonchev–Trinajstić information content (AvgIpc) is 2.41. The molecular weight excluding hydrogens is 333 g/mol. The Morgan fingerprint density at radius 2 is 2.23 bits per heavy atom. The van der Waals surface area contributed by atoms with Gasteiger partial charge in [0.25, 0.3) is 0 Å². The van der Waals surface area contributed by atoms with Crippen molar-refractivity contribution in [2.45, 2.75) is 11.7 Å². The molecule has 2 amide bonds. The van der Waals surface area contributed by atoms with Crippen molar-refractivity contribution >= 4 is 52.0 Å². The van der Waals surface area contributed by atoms with Crippen LogP contribution in [-0.4, -0.2) is 28.2 Å². The normalized spacial score (nSPS) is 17.6. The van der Waals surface area contributed by atoms with Gasteiger partial charge in [0.2, 0.25) is 11.8 Å². The maximum absolute atomic E-state index is 13.1. The largest absolute Gasteiger partial charge is 0.370 e. The summed E-state index contributed by atoms with van der Waals surface area (Å²) in [7, 11) is 0. The number of aliphatic imine (C=N–C) groups is 2. The minimum Gasteiger partial charge on any atom is -0.370 e. The maximum atomic E-state index is 13.1. The van der Waals surface area contributed by atoms with Crippen molar-refractivity contribution in [3.8, 4) is 0 Å². The van der Waals surface area contributed by atoms with Crippen LogP contribution in [-0.2, 0) is 9.59 Å². The summed E-state index contributed by atoms with van der Waals surface area (Å²) in [5, 5.41) is 1.71. The first-order valence-electron chi connectivity index (χ1n) is 5.99. The summed E-state index contributed by atoms with van der Waals surface area (Å²) in [6.45, 7) is 0. The van der Waals surface area contributed by atoms with Crippen LogP contribution >= 0.6 is 23.4 Å². The highest BCUT2D eigenvalue weighted by Gasteiger charge is 2.29. The molecule has 0 aliphatic carbocycles. The van der Waals surface area contributed by atoms with E-state index in [9.17, 15) is 14.0 Å². The fourth-order valence-corrected chi connectivity index (χ4v) is 2.75. The molecule has 7 nitrogen and oxygen atoms in total. The molecule has 1 heterocycles. The van der Waals surface area contributed by atoms with E-state index in [4.69, 9.17) is 23.1 Å². The van der Waals surface area contributed by atoms with Crippen molar-refractivity contribution in [3.05, 3.63) is 29.0 Å². The van der Waals surface area contributed by atoms with Crippen LogP contribution < -0.4 is 16.8 Å². The zero-order valence-corrected chi connectivity index (χ0v) is 12.6. The lowest BCUT2D eigenvalue weighted by molar-refractivity contribution is -0.121. The fourth-order valence-electron chi connectivity index (χ4n) is 1.61. The number of amidine groups is 1. The molecule has 0 spiro atoms. The molecule has 1 aromatic rings. The van der Waals surface area contributed by atoms with Gasteiger partial charge in [0, 0.05) is 5.69 Å². The maximum Gasteiger partial charge on any atom is 0.249 e. The van der Waals surface area contributed by atoms with Crippen molar-refractivity contribution < 1.29 is 14.0 Å². The van der Waals surface area contributed by atoms with Gasteiger partial charge in [0.15, 0.2) is 11.1 Å². The molecule has 1 aliphatic heterocycles. The van der Waals surface area contributed by atoms with E-state index in [1.165, 1.54) is 12.1 Å². The predicted molar refractivity (Wildman–Crippen MR) is 84.3 cm³/mol. The highest BCUT2D eigenvalue weighted by molar-refractivity contribution is 8.15. The summed E-state index contributed by atoms with van der Waals surface area (Å²) in [6, 6.07) is 3.76. The minimum absolute atomic E-state index is 0.0218. The molecule has 0 saturated heterocycles. The number of halogens is 2. The van der Waals surface area contributed by atoms with Gasteiger partial charge < -0.3 is 16.8 Å². The third-order valence-corrected chi connectivity index (χ3v) is 3.88. The minimum atomic E-state index is -0.744. The zero-order chi connectivity index (χ0) is 16.3. The molecule has 0 bridgehead atoms. The van der Waals surface area contributed by atoms with Crippen LogP contribution in [0.5, 0.6) is 0 Å². The van der Waals surface area contributed by atoms with Crippen LogP contribution in [0.15, 0.2) is 28.2 Å². The molecule has 1 aromatic carbocycles. The van der Waals surface area contributed by atoms with E-state index in [2.05, 4.69) is 15.3 Å². The Morgan fingerprint density at radius 1 is 1.50 bits per heavy atom. The smallest absolute Gasteiger partial charge is 0.249 e. The van der Waals surface area contributed by atoms with Crippen molar-refractivity contribution in [2.75, 3.05) is 5.32 Å². The van der Waals surface area contributed by atoms with Gasteiger partial charge in [-0.3, -0.25) is 9.59 Å². The van der Waals surface area contributed by atoms with Crippen molar-refractivity contribution in [2.24, 2.45) is 21.5 Å². The second-order valence-corrected chi connectivity index (χ2v) is 5.83. The van der Waals surface area contributed by atoms with E-state index >= 15 is 0 Å². The molecule has 0 saturated carbocycles. The number of benzene rings is 1. The second kappa shape index (κ2) is 6.75. The van der Waals surface area contributed by atoms with E-state index < -0.39 is 22.9 Å². The fraction of sp³-hybridized carbons (Fsp3) is 0.167. The third kappa shape index (κ3) is 4.18. The second-order valence-electron chi connectivity index (χ2n) is 4.25. The van der Waals surface area contributed by atoms with Crippen LogP contribution in [0, 0.1) is 5.82 Å². The third-order valence-electron chi connectivity index (χ3n) is 2.53. The van der Waals surface area contributed by atoms with Crippen molar-refractivity contribution in [1.29, 1.82) is 0 Å². The molecule has 2 rings (SSSR count). The first-order valence-corrected chi connectivity index (χ1v) is 7.24. The van der Waals surface area contributed by atoms with E-state index in [1.807, 2.05) is 0 Å². The Morgan fingerprint density at radius 3 is 2.86 bits per heavy atom. The van der Waals surface area contributed by atoms with Crippen LogP contribution in [0.3, 0.4) is 0 Å². The number of nitrogens with two attached hydrogens (primary N) is 2. The first-order chi connectivity index (χ1) is 10.3. The molecule has 1 atom stereocenters. The van der Waals surface area contributed by atoms with Crippen LogP contribution in [0.4, 0.5) is 10.1 Å². The number of rotatable bonds is 2. The van der Waals surface area contributed by atoms with E-state index in [0.29, 0.717) is 5.69 Å². The number of nitrogens with zero attached hydrogens (tertiary/aromatic N) is 2. The zero-order valence-electron chi connectivity index (χ0n) is 11.0. The highest BCUT2D eigenvalue weighted by Crippen LogP contribution is 2.26. The van der Waals surface area contributed by atoms with Crippen molar-refractivity contribution in [3.63, 3.8) is 0 Å². The van der Waals surface area contributed by atoms with E-state index in [-0.39, 0.29) is 22.6 Å². The van der Waals surface area contributed by atoms with Crippen LogP contribution in [0.25, 0.3) is 0 Å². The molecule has 0 unspecified atom stereocenters. The van der Waals surface area contributed by atoms with Gasteiger partial charge in [-0.05, 0) is 18.2 Å². The molecule has 0 fully saturated rings. The summed E-state index contributed by atoms with van der Waals surface area (Å²) < 4.78 is 13.1. The molecule has 0 aromatic heterocycles. The number of carbonyl (C=O) groups is 2. The van der Waals surface area contributed by atoms with Gasteiger partial charge in [-0.2, -0.15) is 9.98 Å². The van der Waals surface area contributed by atoms with Crippen molar-refractivity contribution in [1.82, 2.24) is 0 Å². The summed E-state index contributed by atoms with van der Waals surface area (Å²) >= 11 is 6.60. The summed E-state index contributed by atoms with van der Waals surface area (Å²) in [5.74, 6) is -1.82. The summed E-state index contributed by atoms with van der Waals surface area (Å²) in [4.78, 5) is 31.0. The lowest BCUT2D eigenvalue weighted by Gasteiger charge is -2.18. The Balaban J connectivity index is 2.09. The molecule has 10 heteroatoms. The highest BCUT2D eigenvalue weighted by atomic mass is 35.5. The lowest BCUT2D eigenvalue weighted by atomic mass is 10.2. The molecule has 22 heavy (non-hydrogen) atoms. The number of guanidine groups is 1. The van der Waals surface area contributed by atoms with Gasteiger partial charge in [-0.15, -0.1) is 0 Å². The van der Waals surface area contributed by atoms with Crippen LogP contribution in [0.1, 0.15) is 6.42 Å². The van der Waals surface area contributed by atoms with Gasteiger partial charge in [0.05, 0.1) is 11.4 Å². The molecule has 1 aliphatic rings. The number of hydrogen-bond acceptors (Lipinski definition) is 4. The number of nitrogens with one attached hydrogen (secondary N) is 1. The summed E-state index contributed by atoms with van der Waals surface area (Å²) in [6.07, 6.45) is -0.0884. The number of amides is 2. The Bertz CT molecular complexity index is 690. The summed E-state index contributed by atoms with van der Waals surface area (Å²) in [5.41, 5.74) is 10.7. The Kier molecular flexibility index (Phi) is 4.99. The number of thioether (sulfide) groups is 1. The average molecular weight is 344 g/mol. The molecule has 0 radical (unpaired) electrons. The standard InChI is InChI=1S/C12H11ClFN5O2S/c13-6-3-5(1-2-7(6)14)17-10(21)8-4-9(20)18-12(22-8)19-11(15)16/h1-3,8H,4H2,(H,17,21)(H4,15,16,18,19,20)/t8-/m1/s1. The Hall–Kier alpha value is -2.13. The molecular formula is C12H11ClFN5O2S. The quantitative estimate of drug-likeness (QED) is 0.547. The monoisotopic (exact) mass is 343 g/mol. The van der Waals surface area contributed by atoms with Gasteiger partial charge in [-0.25, -0.2) is 4.39 Å².